The lowest BCUT2D eigenvalue weighted by molar-refractivity contribution is 0.102. The van der Waals surface area contributed by atoms with Crippen molar-refractivity contribution < 1.29 is 4.79 Å². The highest BCUT2D eigenvalue weighted by molar-refractivity contribution is 9.10. The van der Waals surface area contributed by atoms with Crippen LogP contribution in [0.3, 0.4) is 0 Å². The number of nitrogen functional groups attached to an aromatic ring is 1. The molecule has 4 nitrogen and oxygen atoms in total. The molecule has 2 aromatic rings. The fourth-order valence-corrected chi connectivity index (χ4v) is 2.45. The van der Waals surface area contributed by atoms with E-state index in [0.29, 0.717) is 21.7 Å². The third-order valence-electron chi connectivity index (χ3n) is 2.60. The second kappa shape index (κ2) is 5.99. The molecule has 2 rings (SSSR count). The molecule has 0 saturated carbocycles. The van der Waals surface area contributed by atoms with Crippen LogP contribution < -0.4 is 11.1 Å². The van der Waals surface area contributed by atoms with E-state index in [9.17, 15) is 4.79 Å². The zero-order valence-electron chi connectivity index (χ0n) is 10.4. The van der Waals surface area contributed by atoms with Gasteiger partial charge in [0.2, 0.25) is 0 Å². The van der Waals surface area contributed by atoms with Gasteiger partial charge >= 0.3 is 0 Å². The number of nitrogens with two attached hydrogens (primary N) is 1. The van der Waals surface area contributed by atoms with Gasteiger partial charge in [-0.25, -0.2) is 4.98 Å². The molecule has 3 N–H and O–H groups in total. The van der Waals surface area contributed by atoms with E-state index in [4.69, 9.17) is 28.9 Å². The molecule has 0 radical (unpaired) electrons. The summed E-state index contributed by atoms with van der Waals surface area (Å²) >= 11 is 15.2. The Hall–Kier alpha value is -1.30. The Bertz CT molecular complexity index is 692. The average Bonchev–Trinajstić information content (AvgIpc) is 2.37. The van der Waals surface area contributed by atoms with Crippen LogP contribution in [0.4, 0.5) is 11.4 Å². The van der Waals surface area contributed by atoms with Crippen LogP contribution in [0.25, 0.3) is 0 Å². The topological polar surface area (TPSA) is 68.0 Å². The molecule has 0 spiro atoms. The van der Waals surface area contributed by atoms with Crippen molar-refractivity contribution in [1.29, 1.82) is 0 Å². The minimum absolute atomic E-state index is 0.168. The summed E-state index contributed by atoms with van der Waals surface area (Å²) in [4.78, 5) is 16.4. The Balaban J connectivity index is 2.33. The highest BCUT2D eigenvalue weighted by atomic mass is 79.9. The number of benzene rings is 1. The average molecular weight is 375 g/mol. The van der Waals surface area contributed by atoms with Gasteiger partial charge in [0.05, 0.1) is 27.0 Å². The standard InChI is InChI=1S/C13H10BrCl2N3O/c1-6-10(2-3-11(14)18-6)19-13(20)8-4-7(17)5-9(15)12(8)16/h2-5H,17H2,1H3,(H,19,20). The van der Waals surface area contributed by atoms with Gasteiger partial charge in [-0.2, -0.15) is 0 Å². The van der Waals surface area contributed by atoms with Crippen molar-refractivity contribution >= 4 is 56.4 Å². The molecule has 20 heavy (non-hydrogen) atoms. The number of amides is 1. The molecule has 0 fully saturated rings. The molecule has 0 bridgehead atoms. The summed E-state index contributed by atoms with van der Waals surface area (Å²) in [5.74, 6) is -0.392. The van der Waals surface area contributed by atoms with Gasteiger partial charge in [-0.1, -0.05) is 23.2 Å². The first-order chi connectivity index (χ1) is 9.38. The highest BCUT2D eigenvalue weighted by Gasteiger charge is 2.15. The maximum atomic E-state index is 12.2. The van der Waals surface area contributed by atoms with Crippen molar-refractivity contribution in [2.24, 2.45) is 0 Å². The van der Waals surface area contributed by atoms with Crippen LogP contribution in [0.2, 0.25) is 10.0 Å². The summed E-state index contributed by atoms with van der Waals surface area (Å²) < 4.78 is 0.693. The molecule has 1 heterocycles. The smallest absolute Gasteiger partial charge is 0.257 e. The van der Waals surface area contributed by atoms with Crippen LogP contribution in [-0.2, 0) is 0 Å². The number of nitrogens with one attached hydrogen (secondary N) is 1. The van der Waals surface area contributed by atoms with E-state index in [1.54, 1.807) is 19.1 Å². The number of hydrogen-bond acceptors (Lipinski definition) is 3. The maximum absolute atomic E-state index is 12.2. The van der Waals surface area contributed by atoms with Crippen molar-refractivity contribution in [3.8, 4) is 0 Å². The number of anilines is 2. The van der Waals surface area contributed by atoms with Gasteiger partial charge in [0.1, 0.15) is 4.60 Å². The normalized spacial score (nSPS) is 10.4. The van der Waals surface area contributed by atoms with Gasteiger partial charge in [-0.15, -0.1) is 0 Å². The molecule has 0 saturated heterocycles. The predicted octanol–water partition coefficient (Wildman–Crippen LogP) is 4.29. The van der Waals surface area contributed by atoms with E-state index in [0.717, 1.165) is 0 Å². The lowest BCUT2D eigenvalue weighted by atomic mass is 10.1. The quantitative estimate of drug-likeness (QED) is 0.608. The number of carbonyl (C=O) groups excluding carboxylic acids is 1. The number of hydrogen-bond donors (Lipinski definition) is 2. The second-order valence-electron chi connectivity index (χ2n) is 4.09. The van der Waals surface area contributed by atoms with Gasteiger partial charge < -0.3 is 11.1 Å². The minimum atomic E-state index is -0.392. The third kappa shape index (κ3) is 3.23. The number of aromatic nitrogens is 1. The van der Waals surface area contributed by atoms with Crippen molar-refractivity contribution in [3.05, 3.63) is 50.2 Å². The number of rotatable bonds is 2. The van der Waals surface area contributed by atoms with Gasteiger partial charge in [0.15, 0.2) is 0 Å². The molecule has 7 heteroatoms. The van der Waals surface area contributed by atoms with Crippen molar-refractivity contribution in [2.45, 2.75) is 6.92 Å². The van der Waals surface area contributed by atoms with Crippen LogP contribution in [0.1, 0.15) is 16.1 Å². The summed E-state index contributed by atoms with van der Waals surface area (Å²) in [5, 5.41) is 3.13. The summed E-state index contributed by atoms with van der Waals surface area (Å²) in [6.45, 7) is 1.79. The predicted molar refractivity (Wildman–Crippen MR) is 85.5 cm³/mol. The summed E-state index contributed by atoms with van der Waals surface area (Å²) in [6, 6.07) is 6.45. The first kappa shape index (κ1) is 15.1. The fourth-order valence-electron chi connectivity index (χ4n) is 1.63. The number of pyridine rings is 1. The van der Waals surface area contributed by atoms with E-state index < -0.39 is 5.91 Å². The second-order valence-corrected chi connectivity index (χ2v) is 5.68. The van der Waals surface area contributed by atoms with E-state index in [2.05, 4.69) is 26.2 Å². The zero-order valence-corrected chi connectivity index (χ0v) is 13.5. The lowest BCUT2D eigenvalue weighted by Crippen LogP contribution is -2.14. The SMILES string of the molecule is Cc1nc(Br)ccc1NC(=O)c1cc(N)cc(Cl)c1Cl. The molecular formula is C13H10BrCl2N3O. The largest absolute Gasteiger partial charge is 0.399 e. The van der Waals surface area contributed by atoms with Crippen LogP contribution >= 0.6 is 39.1 Å². The molecule has 0 atom stereocenters. The van der Waals surface area contributed by atoms with E-state index >= 15 is 0 Å². The third-order valence-corrected chi connectivity index (χ3v) is 3.84. The number of carbonyl (C=O) groups is 1. The van der Waals surface area contributed by atoms with Gasteiger partial charge in [0.25, 0.3) is 5.91 Å². The van der Waals surface area contributed by atoms with Crippen molar-refractivity contribution in [2.75, 3.05) is 11.1 Å². The molecule has 0 aliphatic rings. The maximum Gasteiger partial charge on any atom is 0.257 e. The summed E-state index contributed by atoms with van der Waals surface area (Å²) in [6.07, 6.45) is 0. The molecular weight excluding hydrogens is 365 g/mol. The van der Waals surface area contributed by atoms with E-state index in [1.807, 2.05) is 0 Å². The minimum Gasteiger partial charge on any atom is -0.399 e. The van der Waals surface area contributed by atoms with Gasteiger partial charge in [-0.05, 0) is 47.1 Å². The van der Waals surface area contributed by atoms with Crippen molar-refractivity contribution in [3.63, 3.8) is 0 Å². The molecule has 0 aliphatic heterocycles. The lowest BCUT2D eigenvalue weighted by Gasteiger charge is -2.10. The molecule has 1 amide bonds. The first-order valence-electron chi connectivity index (χ1n) is 5.57. The fraction of sp³-hybridized carbons (Fsp3) is 0.0769. The van der Waals surface area contributed by atoms with Gasteiger partial charge in [-0.3, -0.25) is 4.79 Å². The zero-order chi connectivity index (χ0) is 14.9. The van der Waals surface area contributed by atoms with Crippen LogP contribution in [0.15, 0.2) is 28.9 Å². The van der Waals surface area contributed by atoms with Crippen molar-refractivity contribution in [1.82, 2.24) is 4.98 Å². The monoisotopic (exact) mass is 373 g/mol. The molecule has 0 aliphatic carbocycles. The number of halogens is 3. The summed E-state index contributed by atoms with van der Waals surface area (Å²) in [7, 11) is 0. The van der Waals surface area contributed by atoms with Crippen LogP contribution in [0, 0.1) is 6.92 Å². The van der Waals surface area contributed by atoms with Gasteiger partial charge in [0, 0.05) is 5.69 Å². The summed E-state index contributed by atoms with van der Waals surface area (Å²) in [5.41, 5.74) is 7.53. The number of nitrogens with zero attached hydrogens (tertiary/aromatic N) is 1. The van der Waals surface area contributed by atoms with E-state index in [1.165, 1.54) is 12.1 Å². The molecule has 1 aromatic carbocycles. The molecule has 104 valence electrons. The molecule has 1 aromatic heterocycles. The Morgan fingerprint density at radius 3 is 2.70 bits per heavy atom. The Morgan fingerprint density at radius 2 is 2.05 bits per heavy atom. The highest BCUT2D eigenvalue weighted by Crippen LogP contribution is 2.29. The number of aryl methyl sites for hydroxylation is 1. The Morgan fingerprint density at radius 1 is 1.35 bits per heavy atom. The Kier molecular flexibility index (Phi) is 4.52. The van der Waals surface area contributed by atoms with Crippen LogP contribution in [-0.4, -0.2) is 10.9 Å². The molecule has 0 unspecified atom stereocenters. The first-order valence-corrected chi connectivity index (χ1v) is 7.12. The van der Waals surface area contributed by atoms with E-state index in [-0.39, 0.29) is 15.6 Å². The van der Waals surface area contributed by atoms with Crippen LogP contribution in [0.5, 0.6) is 0 Å². The Labute approximate surface area is 134 Å².